The number of nitrogen functional groups attached to an aromatic ring is 1. The maximum Gasteiger partial charge on any atom is 0.490 e. The number of ether oxygens (including phenoxy) is 1. The Kier molecular flexibility index (Phi) is 28.2. The summed E-state index contributed by atoms with van der Waals surface area (Å²) in [6, 6.07) is 0. The summed E-state index contributed by atoms with van der Waals surface area (Å²) in [7, 11) is -16.4. The van der Waals surface area contributed by atoms with Gasteiger partial charge in [-0.2, -0.15) is 13.6 Å². The SMILES string of the molecule is CCN(CC)CC.CCN(CC)CC.CCN(CC)CC.NCC#Cc1cn([C@H]2CC[C@@H](COP(=O)(O)OP(=O)(O)OP(=O)(O)O)O2)c(=O)nc1N. The summed E-state index contributed by atoms with van der Waals surface area (Å²) in [6.07, 6.45) is 0.134. The van der Waals surface area contributed by atoms with E-state index in [1.807, 2.05) is 0 Å². The molecule has 2 rings (SSSR count). The van der Waals surface area contributed by atoms with E-state index in [1.54, 1.807) is 0 Å². The van der Waals surface area contributed by atoms with E-state index < -0.39 is 48.1 Å². The van der Waals surface area contributed by atoms with Gasteiger partial charge in [-0.1, -0.05) is 74.2 Å². The van der Waals surface area contributed by atoms with Crippen LogP contribution in [-0.4, -0.2) is 122 Å². The molecule has 52 heavy (non-hydrogen) atoms. The lowest BCUT2D eigenvalue weighted by Gasteiger charge is -2.19. The number of hydrogen-bond donors (Lipinski definition) is 6. The van der Waals surface area contributed by atoms with Gasteiger partial charge in [0.15, 0.2) is 0 Å². The topological polar surface area (TPSA) is 266 Å². The molecule has 306 valence electrons. The highest BCUT2D eigenvalue weighted by Gasteiger charge is 2.41. The highest BCUT2D eigenvalue weighted by atomic mass is 31.3. The molecule has 0 aliphatic carbocycles. The van der Waals surface area contributed by atoms with E-state index in [1.165, 1.54) is 65.1 Å². The average molecular weight is 808 g/mol. The van der Waals surface area contributed by atoms with Crippen molar-refractivity contribution in [2.24, 2.45) is 5.73 Å². The van der Waals surface area contributed by atoms with E-state index in [-0.39, 0.29) is 30.8 Å². The molecule has 2 heterocycles. The van der Waals surface area contributed by atoms with Gasteiger partial charge in [0.05, 0.1) is 24.8 Å². The van der Waals surface area contributed by atoms with Crippen LogP contribution in [-0.2, 0) is 31.6 Å². The number of phosphoric acid groups is 3. The van der Waals surface area contributed by atoms with Crippen molar-refractivity contribution in [3.05, 3.63) is 22.2 Å². The van der Waals surface area contributed by atoms with Crippen LogP contribution in [0, 0.1) is 11.8 Å². The smallest absolute Gasteiger partial charge is 0.382 e. The fourth-order valence-electron chi connectivity index (χ4n) is 4.44. The monoisotopic (exact) mass is 807 g/mol. The molecule has 1 aliphatic rings. The first kappa shape index (κ1) is 52.6. The second-order valence-corrected chi connectivity index (χ2v) is 15.2. The third-order valence-electron chi connectivity index (χ3n) is 7.57. The van der Waals surface area contributed by atoms with Crippen LogP contribution in [0.2, 0.25) is 0 Å². The number of aromatic nitrogens is 2. The van der Waals surface area contributed by atoms with E-state index in [2.05, 4.69) is 107 Å². The molecular weight excluding hydrogens is 743 g/mol. The fourth-order valence-corrected chi connectivity index (χ4v) is 7.49. The van der Waals surface area contributed by atoms with E-state index in [4.69, 9.17) is 30.9 Å². The first-order valence-electron chi connectivity index (χ1n) is 17.4. The van der Waals surface area contributed by atoms with Gasteiger partial charge in [0, 0.05) is 6.20 Å². The van der Waals surface area contributed by atoms with E-state index >= 15 is 0 Å². The first-order chi connectivity index (χ1) is 24.3. The number of phosphoric ester groups is 1. The predicted octanol–water partition coefficient (Wildman–Crippen LogP) is 3.20. The Morgan fingerprint density at radius 3 is 1.62 bits per heavy atom. The second-order valence-electron chi connectivity index (χ2n) is 10.8. The lowest BCUT2D eigenvalue weighted by atomic mass is 10.2. The predicted molar refractivity (Wildman–Crippen MR) is 202 cm³/mol. The number of nitrogens with zero attached hydrogens (tertiary/aromatic N) is 5. The lowest BCUT2D eigenvalue weighted by molar-refractivity contribution is -0.0242. The molecule has 1 aromatic heterocycles. The number of nitrogens with two attached hydrogens (primary N) is 2. The van der Waals surface area contributed by atoms with Crippen molar-refractivity contribution < 1.29 is 51.2 Å². The zero-order valence-corrected chi connectivity index (χ0v) is 34.9. The Morgan fingerprint density at radius 1 is 0.808 bits per heavy atom. The Bertz CT molecular complexity index is 1330. The van der Waals surface area contributed by atoms with Crippen molar-refractivity contribution in [1.29, 1.82) is 0 Å². The Hall–Kier alpha value is -1.55. The minimum absolute atomic E-state index is 0.0567. The molecule has 0 bridgehead atoms. The molecule has 0 amide bonds. The average Bonchev–Trinajstić information content (AvgIpc) is 3.54. The van der Waals surface area contributed by atoms with Gasteiger partial charge in [-0.15, -0.1) is 0 Å². The van der Waals surface area contributed by atoms with Crippen molar-refractivity contribution in [3.63, 3.8) is 0 Å². The number of anilines is 1. The van der Waals surface area contributed by atoms with Gasteiger partial charge in [-0.3, -0.25) is 9.09 Å². The molecule has 1 aliphatic heterocycles. The molecule has 1 saturated heterocycles. The molecule has 19 nitrogen and oxygen atoms in total. The van der Waals surface area contributed by atoms with E-state index in [9.17, 15) is 23.4 Å². The van der Waals surface area contributed by atoms with Gasteiger partial charge < -0.3 is 50.5 Å². The largest absolute Gasteiger partial charge is 0.490 e. The van der Waals surface area contributed by atoms with Crippen molar-refractivity contribution in [3.8, 4) is 11.8 Å². The maximum atomic E-state index is 12.1. The molecule has 1 aromatic rings. The molecular formula is C30H64N7O12P3. The Balaban J connectivity index is 0. The zero-order chi connectivity index (χ0) is 40.5. The quantitative estimate of drug-likeness (QED) is 0.0975. The van der Waals surface area contributed by atoms with Crippen LogP contribution in [0.4, 0.5) is 5.82 Å². The molecule has 8 N–H and O–H groups in total. The van der Waals surface area contributed by atoms with Crippen LogP contribution in [0.15, 0.2) is 11.0 Å². The minimum atomic E-state index is -5.61. The molecule has 2 unspecified atom stereocenters. The maximum absolute atomic E-state index is 12.1. The molecule has 1 fully saturated rings. The first-order valence-corrected chi connectivity index (χ1v) is 22.0. The fraction of sp³-hybridized carbons (Fsp3) is 0.800. The summed E-state index contributed by atoms with van der Waals surface area (Å²) in [5, 5.41) is 0. The van der Waals surface area contributed by atoms with Crippen LogP contribution in [0.3, 0.4) is 0 Å². The van der Waals surface area contributed by atoms with Gasteiger partial charge >= 0.3 is 29.2 Å². The highest BCUT2D eigenvalue weighted by molar-refractivity contribution is 7.66. The van der Waals surface area contributed by atoms with Gasteiger partial charge in [-0.25, -0.2) is 18.5 Å². The van der Waals surface area contributed by atoms with Gasteiger partial charge in [-0.05, 0) is 71.7 Å². The number of hydrogen-bond acceptors (Lipinski definition) is 14. The van der Waals surface area contributed by atoms with Crippen LogP contribution in [0.5, 0.6) is 0 Å². The van der Waals surface area contributed by atoms with Crippen LogP contribution in [0.1, 0.15) is 86.9 Å². The van der Waals surface area contributed by atoms with Gasteiger partial charge in [0.2, 0.25) is 0 Å². The normalized spacial score (nSPS) is 17.8. The van der Waals surface area contributed by atoms with Crippen molar-refractivity contribution in [2.45, 2.75) is 87.5 Å². The highest BCUT2D eigenvalue weighted by Crippen LogP contribution is 2.66. The number of rotatable bonds is 17. The summed E-state index contributed by atoms with van der Waals surface area (Å²) in [6.45, 7) is 29.8. The van der Waals surface area contributed by atoms with E-state index in [0.29, 0.717) is 0 Å². The van der Waals surface area contributed by atoms with Crippen molar-refractivity contribution in [1.82, 2.24) is 24.3 Å². The van der Waals surface area contributed by atoms with Gasteiger partial charge in [0.25, 0.3) is 0 Å². The standard InChI is InChI=1S/C12H19N4O12P3.3C6H15N/c13-5-1-2-8-6-16(12(17)15-11(8)14)10-4-3-9(26-10)7-25-30(21,22)28-31(23,24)27-29(18,19)20;3*1-4-7(5-2)6-3/h6,9-10H,3-5,7,13H2,(H,21,22)(H,23,24)(H2,14,15,17)(H2,18,19,20);3*4-6H2,1-3H3/t9-,10+;;;/m0.../s1. The third kappa shape index (κ3) is 24.0. The van der Waals surface area contributed by atoms with Crippen molar-refractivity contribution >= 4 is 29.3 Å². The Labute approximate surface area is 309 Å². The minimum Gasteiger partial charge on any atom is -0.382 e. The molecule has 22 heteroatoms. The van der Waals surface area contributed by atoms with Crippen LogP contribution in [0.25, 0.3) is 0 Å². The Morgan fingerprint density at radius 2 is 1.25 bits per heavy atom. The molecule has 4 atom stereocenters. The zero-order valence-electron chi connectivity index (χ0n) is 32.2. The molecule has 0 spiro atoms. The summed E-state index contributed by atoms with van der Waals surface area (Å²) in [5.74, 6) is 5.13. The van der Waals surface area contributed by atoms with Crippen molar-refractivity contribution in [2.75, 3.05) is 77.8 Å². The van der Waals surface area contributed by atoms with E-state index in [0.717, 1.165) is 4.57 Å². The third-order valence-corrected chi connectivity index (χ3v) is 11.4. The van der Waals surface area contributed by atoms with Gasteiger partial charge in [0.1, 0.15) is 12.0 Å². The summed E-state index contributed by atoms with van der Waals surface area (Å²) >= 11 is 0. The molecule has 0 radical (unpaired) electrons. The molecule has 0 aromatic carbocycles. The summed E-state index contributed by atoms with van der Waals surface area (Å²) in [5.41, 5.74) is 10.4. The second kappa shape index (κ2) is 27.9. The van der Waals surface area contributed by atoms with Crippen LogP contribution >= 0.6 is 23.5 Å². The lowest BCUT2D eigenvalue weighted by Crippen LogP contribution is -2.29. The summed E-state index contributed by atoms with van der Waals surface area (Å²) < 4.78 is 52.0. The summed E-state index contributed by atoms with van der Waals surface area (Å²) in [4.78, 5) is 58.4. The van der Waals surface area contributed by atoms with Crippen LogP contribution < -0.4 is 17.2 Å². The molecule has 0 saturated carbocycles.